The number of esters is 4. The fourth-order valence-electron chi connectivity index (χ4n) is 15.7. The number of halogens is 2. The largest absolute Gasteiger partial charge is 0.483 e. The standard InChI is InChI=1S/C38H49ClN4O8.C38H50N4O9.CH3ClO2S/c1-7-49-35(47)38-18-24(38)14-12-10-8-9-11-13-23(17-29(44)50-36(3,4)5)34(46)43-21-37(20-27(43)33(45)42-38)19-25(39)30-31-26(15-16-28(41-31)48-6)40-22(2)32(30)51-37;1-7-49-35(47)38-18-24(38)14-12-10-8-9-11-13-23(17-29(44)50-36(3,4)5)34(46)42-21-37(19-26(42)33(45)41-38)20-27(43)30-31-25(15-16-28(40-31)48-6)39-22(2)32(30)51-37;1-5(2,3)4/h12,14-16,23-25,27H,7-11,13,17-21H2,1-6H3,(H,42,45);12,14-16,23-24,26-27,43H,7-11,13,17-21H2,1-6H3,(H,41,45);1H3/b2*14-12-;/t23-,24-,25?,27+,37-,38-;23-,24-,26+,27?,37+,38-;/m11./s1. The van der Waals surface area contributed by atoms with Crippen molar-refractivity contribution in [2.75, 3.05) is 46.8 Å². The molecule has 12 rings (SSSR count). The van der Waals surface area contributed by atoms with Crippen LogP contribution in [-0.4, -0.2) is 183 Å². The summed E-state index contributed by atoms with van der Waals surface area (Å²) in [4.78, 5) is 133. The maximum atomic E-state index is 14.7. The number of ether oxygens (including phenoxy) is 8. The number of carbonyl (C=O) groups excluding carboxylic acids is 8. The van der Waals surface area contributed by atoms with Gasteiger partial charge in [-0.3, -0.25) is 28.8 Å². The molecule has 8 aliphatic rings. The highest BCUT2D eigenvalue weighted by molar-refractivity contribution is 8.13. The molecule has 30 heteroatoms. The molecule has 12 atom stereocenters. The number of aliphatic hydroxyl groups excluding tert-OH is 1. The lowest BCUT2D eigenvalue weighted by molar-refractivity contribution is -0.159. The number of aliphatic hydroxyl groups is 1. The average molecular weight is 1550 g/mol. The lowest BCUT2D eigenvalue weighted by Gasteiger charge is -2.38. The maximum Gasteiger partial charge on any atom is 0.332 e. The third kappa shape index (κ3) is 19.0. The highest BCUT2D eigenvalue weighted by Crippen LogP contribution is 2.54. The molecule has 0 radical (unpaired) electrons. The number of hydrogen-bond acceptors (Lipinski definition) is 23. The van der Waals surface area contributed by atoms with Crippen molar-refractivity contribution in [3.8, 4) is 23.3 Å². The maximum absolute atomic E-state index is 14.7. The Bertz CT molecular complexity index is 4000. The molecule has 4 fully saturated rings. The Morgan fingerprint density at radius 2 is 1.01 bits per heavy atom. The van der Waals surface area contributed by atoms with Crippen molar-refractivity contribution in [1.29, 1.82) is 0 Å². The monoisotopic (exact) mass is 1540 g/mol. The molecular formula is C77H102Cl2N8O19S. The topological polar surface area (TPSA) is 347 Å². The van der Waals surface area contributed by atoms with Crippen LogP contribution in [0.4, 0.5) is 0 Å². The first-order valence-corrected chi connectivity index (χ1v) is 40.2. The first-order chi connectivity index (χ1) is 50.4. The fourth-order valence-corrected chi connectivity index (χ4v) is 16.2. The predicted molar refractivity (Wildman–Crippen MR) is 396 cm³/mol. The lowest BCUT2D eigenvalue weighted by atomic mass is 9.86. The summed E-state index contributed by atoms with van der Waals surface area (Å²) < 4.78 is 65.2. The second-order valence-corrected chi connectivity index (χ2v) is 35.0. The molecule has 2 unspecified atom stereocenters. The highest BCUT2D eigenvalue weighted by Gasteiger charge is 2.65. The molecule has 4 aromatic heterocycles. The third-order valence-electron chi connectivity index (χ3n) is 20.7. The number of aryl methyl sites for hydroxylation is 2. The minimum Gasteiger partial charge on any atom is -0.483 e. The van der Waals surface area contributed by atoms with Gasteiger partial charge in [0.25, 0.3) is 0 Å². The summed E-state index contributed by atoms with van der Waals surface area (Å²) in [6, 6.07) is 4.97. The van der Waals surface area contributed by atoms with Crippen LogP contribution in [0.2, 0.25) is 0 Å². The number of alkyl halides is 1. The summed E-state index contributed by atoms with van der Waals surface area (Å²) in [5.74, 6) is -4.01. The summed E-state index contributed by atoms with van der Waals surface area (Å²) in [5.41, 5.74) is -1.64. The number of methoxy groups -OCH3 is 2. The van der Waals surface area contributed by atoms with Gasteiger partial charge in [0, 0.05) is 77.7 Å². The van der Waals surface area contributed by atoms with Crippen LogP contribution in [0.25, 0.3) is 22.1 Å². The van der Waals surface area contributed by atoms with Gasteiger partial charge < -0.3 is 63.4 Å². The molecule has 584 valence electrons. The summed E-state index contributed by atoms with van der Waals surface area (Å²) in [6.07, 6.45) is 16.3. The minimum atomic E-state index is -3.19. The number of hydrogen-bond donors (Lipinski definition) is 3. The van der Waals surface area contributed by atoms with Gasteiger partial charge in [0.15, 0.2) is 0 Å². The molecule has 4 amide bonds. The Hall–Kier alpha value is -7.95. The number of rotatable bonds is 10. The Balaban J connectivity index is 0.000000215. The van der Waals surface area contributed by atoms with Gasteiger partial charge in [0.2, 0.25) is 44.4 Å². The van der Waals surface area contributed by atoms with E-state index < -0.39 is 114 Å². The molecule has 2 aliphatic carbocycles. The van der Waals surface area contributed by atoms with E-state index in [4.69, 9.17) is 54.5 Å². The molecule has 2 saturated heterocycles. The van der Waals surface area contributed by atoms with E-state index in [1.807, 2.05) is 31.2 Å². The van der Waals surface area contributed by atoms with Crippen molar-refractivity contribution < 1.29 is 89.8 Å². The van der Waals surface area contributed by atoms with Crippen LogP contribution in [0.1, 0.15) is 205 Å². The van der Waals surface area contributed by atoms with Crippen molar-refractivity contribution in [1.82, 2.24) is 40.4 Å². The van der Waals surface area contributed by atoms with Crippen LogP contribution in [0.3, 0.4) is 0 Å². The van der Waals surface area contributed by atoms with E-state index >= 15 is 0 Å². The molecular weight excluding hydrogens is 1440 g/mol. The van der Waals surface area contributed by atoms with Gasteiger partial charge in [-0.15, -0.1) is 11.6 Å². The first-order valence-electron chi connectivity index (χ1n) is 37.0. The zero-order valence-electron chi connectivity index (χ0n) is 63.4. The Kier molecular flexibility index (Phi) is 24.9. The molecule has 6 aliphatic heterocycles. The van der Waals surface area contributed by atoms with Gasteiger partial charge in [-0.25, -0.2) is 37.9 Å². The zero-order chi connectivity index (χ0) is 77.9. The number of nitrogens with zero attached hydrogens (tertiary/aromatic N) is 6. The quantitative estimate of drug-likeness (QED) is 0.0437. The van der Waals surface area contributed by atoms with Crippen LogP contribution in [0.5, 0.6) is 23.3 Å². The van der Waals surface area contributed by atoms with Crippen molar-refractivity contribution in [2.45, 2.75) is 242 Å². The van der Waals surface area contributed by atoms with E-state index in [0.717, 1.165) is 51.2 Å². The Labute approximate surface area is 634 Å². The number of amides is 4. The van der Waals surface area contributed by atoms with Crippen LogP contribution in [0, 0.1) is 37.5 Å². The Morgan fingerprint density at radius 3 is 1.41 bits per heavy atom. The number of aromatic nitrogens is 4. The third-order valence-corrected chi connectivity index (χ3v) is 21.0. The molecule has 2 saturated carbocycles. The SMILES string of the molecule is CCOC(=O)[C@@]12C[C@H]1/C=C\CCCCC[C@H](CC(=O)OC(C)(C)C)C(=O)N1C[C@@]3(CC(Cl)c4c(c(C)nc5ccc(OC)nc45)O3)C[C@H]1C(=O)N2.CCOC(=O)[C@@]12C[C@H]1/C=C\CCCCC[C@H](CC(=O)OC(C)(C)C)C(=O)N1C[C@@]3(CC(O)c4c(c(C)nc5ccc(OC)nc45)O3)C[C@H]1C(=O)N2.CS(=O)(=O)Cl. The number of nitrogens with one attached hydrogen (secondary N) is 2. The summed E-state index contributed by atoms with van der Waals surface area (Å²) >= 11 is 7.21. The molecule has 4 aromatic rings. The molecule has 0 bridgehead atoms. The van der Waals surface area contributed by atoms with Crippen molar-refractivity contribution in [2.24, 2.45) is 23.7 Å². The number of fused-ring (bicyclic) bond motifs is 10. The average Bonchev–Trinajstić information content (AvgIpc) is 1.72. The second-order valence-electron chi connectivity index (χ2n) is 31.4. The zero-order valence-corrected chi connectivity index (χ0v) is 65.8. The summed E-state index contributed by atoms with van der Waals surface area (Å²) in [6.45, 7) is 18.1. The van der Waals surface area contributed by atoms with E-state index in [-0.39, 0.29) is 88.5 Å². The van der Waals surface area contributed by atoms with Gasteiger partial charge in [0.05, 0.1) is 99.1 Å². The molecule has 107 heavy (non-hydrogen) atoms. The summed E-state index contributed by atoms with van der Waals surface area (Å²) in [5, 5.41) is 17.2. The van der Waals surface area contributed by atoms with E-state index in [1.165, 1.54) is 24.0 Å². The molecule has 10 heterocycles. The lowest BCUT2D eigenvalue weighted by Crippen LogP contribution is -2.54. The van der Waals surface area contributed by atoms with Crippen molar-refractivity contribution in [3.63, 3.8) is 0 Å². The second kappa shape index (κ2) is 32.7. The highest BCUT2D eigenvalue weighted by atomic mass is 35.7. The molecule has 27 nitrogen and oxygen atoms in total. The first kappa shape index (κ1) is 81.6. The van der Waals surface area contributed by atoms with Crippen LogP contribution in [-0.2, 0) is 66.4 Å². The van der Waals surface area contributed by atoms with E-state index in [9.17, 15) is 51.9 Å². The molecule has 2 spiro atoms. The van der Waals surface area contributed by atoms with E-state index in [0.29, 0.717) is 99.9 Å². The van der Waals surface area contributed by atoms with Crippen LogP contribution < -0.4 is 29.6 Å². The fraction of sp³-hybridized carbons (Fsp3) is 0.636. The molecule has 0 aromatic carbocycles. The van der Waals surface area contributed by atoms with E-state index in [2.05, 4.69) is 42.3 Å². The van der Waals surface area contributed by atoms with Gasteiger partial charge in [-0.2, -0.15) is 0 Å². The van der Waals surface area contributed by atoms with Crippen molar-refractivity contribution in [3.05, 3.63) is 71.1 Å². The number of allylic oxidation sites excluding steroid dienone is 2. The van der Waals surface area contributed by atoms with E-state index in [1.54, 1.807) is 80.5 Å². The Morgan fingerprint density at radius 1 is 0.607 bits per heavy atom. The summed E-state index contributed by atoms with van der Waals surface area (Å²) in [7, 11) is 4.35. The predicted octanol–water partition coefficient (Wildman–Crippen LogP) is 10.2. The smallest absolute Gasteiger partial charge is 0.332 e. The minimum absolute atomic E-state index is 0.0238. The van der Waals surface area contributed by atoms with Gasteiger partial charge in [0.1, 0.15) is 68.1 Å². The van der Waals surface area contributed by atoms with Crippen LogP contribution in [0.15, 0.2) is 48.6 Å². The number of pyridine rings is 4. The molecule has 3 N–H and O–H groups in total. The number of carbonyl (C=O) groups is 8. The van der Waals surface area contributed by atoms with Crippen molar-refractivity contribution >= 4 is 101 Å². The van der Waals surface area contributed by atoms with Crippen LogP contribution >= 0.6 is 22.3 Å². The normalized spacial score (nSPS) is 29.3. The van der Waals surface area contributed by atoms with Gasteiger partial charge in [-0.05, 0) is 133 Å². The van der Waals surface area contributed by atoms with Gasteiger partial charge >= 0.3 is 23.9 Å². The van der Waals surface area contributed by atoms with Gasteiger partial charge in [-0.1, -0.05) is 50.0 Å².